The smallest absolute Gasteiger partial charge is 0.163 e. The molecule has 1 aromatic carbocycles. The van der Waals surface area contributed by atoms with E-state index in [1.807, 2.05) is 0 Å². The molecule has 0 saturated carbocycles. The van der Waals surface area contributed by atoms with Crippen LogP contribution in [0, 0.1) is 5.82 Å². The Bertz CT molecular complexity index is 388. The van der Waals surface area contributed by atoms with Crippen molar-refractivity contribution in [2.45, 2.75) is 33.0 Å². The Morgan fingerprint density at radius 1 is 1.44 bits per heavy atom. The lowest BCUT2D eigenvalue weighted by molar-refractivity contribution is 0.0592. The van der Waals surface area contributed by atoms with Gasteiger partial charge in [0, 0.05) is 6.07 Å². The summed E-state index contributed by atoms with van der Waals surface area (Å²) < 4.78 is 18.3. The lowest BCUT2D eigenvalue weighted by atomic mass is 10.1. The van der Waals surface area contributed by atoms with E-state index in [0.29, 0.717) is 5.56 Å². The maximum atomic E-state index is 13.0. The van der Waals surface area contributed by atoms with Gasteiger partial charge < -0.3 is 9.84 Å². The van der Waals surface area contributed by atoms with Crippen molar-refractivity contribution < 1.29 is 19.0 Å². The number of carbonyl (C=O) groups excluding carboxylic acids is 1. The minimum atomic E-state index is -0.692. The Hall–Kier alpha value is -1.42. The predicted octanol–water partition coefficient (Wildman–Crippen LogP) is 2.18. The second kappa shape index (κ2) is 5.07. The highest BCUT2D eigenvalue weighted by molar-refractivity contribution is 5.96. The third-order valence-corrected chi connectivity index (χ3v) is 2.32. The summed E-state index contributed by atoms with van der Waals surface area (Å²) in [6, 6.07) is 3.73. The van der Waals surface area contributed by atoms with Gasteiger partial charge in [-0.3, -0.25) is 4.79 Å². The summed E-state index contributed by atoms with van der Waals surface area (Å²) in [5.74, 6) is -0.508. The van der Waals surface area contributed by atoms with Crippen molar-refractivity contribution >= 4 is 5.78 Å². The molecule has 0 spiro atoms. The van der Waals surface area contributed by atoms with Gasteiger partial charge in [0.2, 0.25) is 0 Å². The van der Waals surface area contributed by atoms with Crippen LogP contribution in [0.3, 0.4) is 0 Å². The summed E-state index contributed by atoms with van der Waals surface area (Å²) in [7, 11) is 0. The fourth-order valence-electron chi connectivity index (χ4n) is 1.18. The van der Waals surface area contributed by atoms with Crippen LogP contribution in [0.25, 0.3) is 0 Å². The van der Waals surface area contributed by atoms with Crippen LogP contribution in [0.2, 0.25) is 0 Å². The number of Topliss-reactive ketones (excluding diaryl/α,β-unsaturated/α-hetero) is 1. The lowest BCUT2D eigenvalue weighted by Crippen LogP contribution is -2.26. The van der Waals surface area contributed by atoms with Gasteiger partial charge >= 0.3 is 0 Å². The summed E-state index contributed by atoms with van der Waals surface area (Å²) in [5, 5.41) is 9.28. The molecule has 0 radical (unpaired) electrons. The number of benzene rings is 1. The van der Waals surface area contributed by atoms with Crippen molar-refractivity contribution in [2.75, 3.05) is 0 Å². The molecule has 0 bridgehead atoms. The number of aliphatic hydroxyl groups is 1. The summed E-state index contributed by atoms with van der Waals surface area (Å²) in [6.45, 7) is 4.60. The molecule has 4 heteroatoms. The van der Waals surface area contributed by atoms with Gasteiger partial charge in [-0.05, 0) is 32.9 Å². The van der Waals surface area contributed by atoms with E-state index in [1.165, 1.54) is 19.1 Å². The zero-order chi connectivity index (χ0) is 12.3. The Balaban J connectivity index is 3.01. The van der Waals surface area contributed by atoms with Crippen LogP contribution < -0.4 is 4.74 Å². The normalized spacial score (nSPS) is 14.3. The molecule has 0 aliphatic carbocycles. The lowest BCUT2D eigenvalue weighted by Gasteiger charge is -2.18. The molecule has 16 heavy (non-hydrogen) atoms. The van der Waals surface area contributed by atoms with Gasteiger partial charge in [-0.15, -0.1) is 0 Å². The minimum Gasteiger partial charge on any atom is -0.487 e. The van der Waals surface area contributed by atoms with Crippen LogP contribution in [0.1, 0.15) is 31.1 Å². The van der Waals surface area contributed by atoms with Crippen molar-refractivity contribution in [1.82, 2.24) is 0 Å². The Morgan fingerprint density at radius 2 is 2.06 bits per heavy atom. The number of ketones is 1. The summed E-state index contributed by atoms with van der Waals surface area (Å²) in [6.07, 6.45) is -1.19. The topological polar surface area (TPSA) is 46.5 Å². The zero-order valence-corrected chi connectivity index (χ0v) is 9.53. The predicted molar refractivity (Wildman–Crippen MR) is 58.2 cm³/mol. The van der Waals surface area contributed by atoms with E-state index in [9.17, 15) is 14.3 Å². The second-order valence-electron chi connectivity index (χ2n) is 3.76. The Kier molecular flexibility index (Phi) is 4.01. The fraction of sp³-hybridized carbons (Fsp3) is 0.417. The van der Waals surface area contributed by atoms with Gasteiger partial charge in [-0.1, -0.05) is 0 Å². The van der Waals surface area contributed by atoms with Crippen LogP contribution in [-0.2, 0) is 0 Å². The first kappa shape index (κ1) is 12.6. The Morgan fingerprint density at radius 3 is 2.56 bits per heavy atom. The van der Waals surface area contributed by atoms with Crippen molar-refractivity contribution in [3.63, 3.8) is 0 Å². The molecule has 0 fully saturated rings. The molecule has 1 N–H and O–H groups in total. The maximum Gasteiger partial charge on any atom is 0.163 e. The van der Waals surface area contributed by atoms with Gasteiger partial charge in [-0.25, -0.2) is 4.39 Å². The maximum absolute atomic E-state index is 13.0. The first-order valence-electron chi connectivity index (χ1n) is 5.07. The van der Waals surface area contributed by atoms with E-state index in [-0.39, 0.29) is 11.5 Å². The molecule has 0 aliphatic rings. The van der Waals surface area contributed by atoms with E-state index in [4.69, 9.17) is 4.74 Å². The van der Waals surface area contributed by atoms with Crippen molar-refractivity contribution in [2.24, 2.45) is 0 Å². The molecular formula is C12H15FO3. The minimum absolute atomic E-state index is 0.168. The summed E-state index contributed by atoms with van der Waals surface area (Å²) in [4.78, 5) is 11.3. The van der Waals surface area contributed by atoms with Crippen LogP contribution >= 0.6 is 0 Å². The van der Waals surface area contributed by atoms with E-state index >= 15 is 0 Å². The SMILES string of the molecule is CC(=O)c1ccc(F)cc1OC(C)C(C)O. The van der Waals surface area contributed by atoms with Crippen LogP contribution in [0.4, 0.5) is 4.39 Å². The van der Waals surface area contributed by atoms with Gasteiger partial charge in [0.05, 0.1) is 11.7 Å². The molecule has 2 atom stereocenters. The van der Waals surface area contributed by atoms with E-state index in [1.54, 1.807) is 13.8 Å². The second-order valence-corrected chi connectivity index (χ2v) is 3.76. The number of aliphatic hydroxyl groups excluding tert-OH is 1. The van der Waals surface area contributed by atoms with Gasteiger partial charge in [0.1, 0.15) is 17.7 Å². The van der Waals surface area contributed by atoms with Gasteiger partial charge in [0.15, 0.2) is 5.78 Å². The van der Waals surface area contributed by atoms with Crippen LogP contribution in [0.5, 0.6) is 5.75 Å². The highest BCUT2D eigenvalue weighted by Crippen LogP contribution is 2.22. The Labute approximate surface area is 93.9 Å². The zero-order valence-electron chi connectivity index (χ0n) is 9.53. The first-order chi connectivity index (χ1) is 7.41. The molecule has 0 saturated heterocycles. The average Bonchev–Trinajstić information content (AvgIpc) is 2.16. The molecule has 1 rings (SSSR count). The van der Waals surface area contributed by atoms with E-state index in [0.717, 1.165) is 6.07 Å². The standard InChI is InChI=1S/C12H15FO3/c1-7(14)9(3)16-12-6-10(13)4-5-11(12)8(2)15/h4-7,9,14H,1-3H3. The monoisotopic (exact) mass is 226 g/mol. The molecule has 0 amide bonds. The largest absolute Gasteiger partial charge is 0.487 e. The highest BCUT2D eigenvalue weighted by Gasteiger charge is 2.15. The molecular weight excluding hydrogens is 211 g/mol. The summed E-state index contributed by atoms with van der Waals surface area (Å²) in [5.41, 5.74) is 0.314. The molecule has 0 aliphatic heterocycles. The first-order valence-corrected chi connectivity index (χ1v) is 5.07. The van der Waals surface area contributed by atoms with E-state index < -0.39 is 18.0 Å². The fourth-order valence-corrected chi connectivity index (χ4v) is 1.18. The number of hydrogen-bond acceptors (Lipinski definition) is 3. The van der Waals surface area contributed by atoms with Gasteiger partial charge in [-0.2, -0.15) is 0 Å². The average molecular weight is 226 g/mol. The van der Waals surface area contributed by atoms with Crippen molar-refractivity contribution in [1.29, 1.82) is 0 Å². The molecule has 0 aromatic heterocycles. The molecule has 88 valence electrons. The third-order valence-electron chi connectivity index (χ3n) is 2.32. The van der Waals surface area contributed by atoms with Crippen LogP contribution in [0.15, 0.2) is 18.2 Å². The quantitative estimate of drug-likeness (QED) is 0.800. The molecule has 0 heterocycles. The number of rotatable bonds is 4. The number of halogens is 1. The van der Waals surface area contributed by atoms with Gasteiger partial charge in [0.25, 0.3) is 0 Å². The number of carbonyl (C=O) groups is 1. The molecule has 3 nitrogen and oxygen atoms in total. The number of ether oxygens (including phenoxy) is 1. The third kappa shape index (κ3) is 3.03. The molecule has 1 aromatic rings. The van der Waals surface area contributed by atoms with Crippen molar-refractivity contribution in [3.05, 3.63) is 29.6 Å². The van der Waals surface area contributed by atoms with Crippen molar-refractivity contribution in [3.8, 4) is 5.75 Å². The van der Waals surface area contributed by atoms with Crippen LogP contribution in [-0.4, -0.2) is 23.1 Å². The number of hydrogen-bond donors (Lipinski definition) is 1. The summed E-state index contributed by atoms with van der Waals surface area (Å²) >= 11 is 0. The molecule has 2 unspecified atom stereocenters. The van der Waals surface area contributed by atoms with E-state index in [2.05, 4.69) is 0 Å². The highest BCUT2D eigenvalue weighted by atomic mass is 19.1.